The van der Waals surface area contributed by atoms with Gasteiger partial charge in [-0.05, 0) is 25.8 Å². The van der Waals surface area contributed by atoms with Crippen molar-refractivity contribution in [1.29, 1.82) is 0 Å². The Morgan fingerprint density at radius 1 is 1.20 bits per heavy atom. The van der Waals surface area contributed by atoms with Crippen LogP contribution in [-0.2, 0) is 0 Å². The average Bonchev–Trinajstić information content (AvgIpc) is 2.11. The lowest BCUT2D eigenvalue weighted by atomic mass is 10.1. The van der Waals surface area contributed by atoms with Crippen LogP contribution in [0.3, 0.4) is 0 Å². The van der Waals surface area contributed by atoms with E-state index < -0.39 is 5.51 Å². The van der Waals surface area contributed by atoms with Crippen LogP contribution in [0.4, 0.5) is 13.2 Å². The summed E-state index contributed by atoms with van der Waals surface area (Å²) in [5, 5.41) is 3.29. The van der Waals surface area contributed by atoms with Gasteiger partial charge in [0.15, 0.2) is 0 Å². The molecule has 0 aliphatic heterocycles. The molecule has 0 aliphatic carbocycles. The molecule has 1 unspecified atom stereocenters. The molecule has 1 N–H and O–H groups in total. The monoisotopic (exact) mass is 243 g/mol. The third-order valence-corrected chi connectivity index (χ3v) is 2.91. The fourth-order valence-electron chi connectivity index (χ4n) is 1.50. The van der Waals surface area contributed by atoms with Gasteiger partial charge >= 0.3 is 5.51 Å². The number of thioether (sulfide) groups is 1. The van der Waals surface area contributed by atoms with Gasteiger partial charge in [-0.25, -0.2) is 0 Å². The second kappa shape index (κ2) is 8.28. The quantitative estimate of drug-likeness (QED) is 0.651. The highest BCUT2D eigenvalue weighted by atomic mass is 32.2. The molecular weight excluding hydrogens is 223 g/mol. The van der Waals surface area contributed by atoms with Crippen molar-refractivity contribution in [2.45, 2.75) is 51.1 Å². The fraction of sp³-hybridized carbons (Fsp3) is 1.00. The first-order valence-electron chi connectivity index (χ1n) is 5.43. The molecule has 0 fully saturated rings. The topological polar surface area (TPSA) is 12.0 Å². The molecule has 0 amide bonds. The normalized spacial score (nSPS) is 14.2. The molecule has 0 bridgehead atoms. The molecule has 0 aliphatic rings. The largest absolute Gasteiger partial charge is 0.441 e. The van der Waals surface area contributed by atoms with E-state index in [1.807, 2.05) is 6.92 Å². The Balaban J connectivity index is 3.52. The molecule has 0 aromatic carbocycles. The van der Waals surface area contributed by atoms with Gasteiger partial charge < -0.3 is 5.32 Å². The van der Waals surface area contributed by atoms with E-state index >= 15 is 0 Å². The van der Waals surface area contributed by atoms with Crippen molar-refractivity contribution >= 4 is 11.8 Å². The lowest BCUT2D eigenvalue weighted by Crippen LogP contribution is -2.28. The van der Waals surface area contributed by atoms with Crippen molar-refractivity contribution in [3.05, 3.63) is 0 Å². The first kappa shape index (κ1) is 15.1. The highest BCUT2D eigenvalue weighted by Crippen LogP contribution is 2.30. The molecule has 15 heavy (non-hydrogen) atoms. The number of alkyl halides is 3. The third kappa shape index (κ3) is 10.4. The lowest BCUT2D eigenvalue weighted by Gasteiger charge is -2.16. The molecule has 5 heteroatoms. The Morgan fingerprint density at radius 2 is 1.87 bits per heavy atom. The summed E-state index contributed by atoms with van der Waals surface area (Å²) in [5.41, 5.74) is -4.07. The molecule has 92 valence electrons. The lowest BCUT2D eigenvalue weighted by molar-refractivity contribution is -0.0328. The molecule has 0 radical (unpaired) electrons. The zero-order chi connectivity index (χ0) is 11.7. The number of hydrogen-bond acceptors (Lipinski definition) is 2. The zero-order valence-corrected chi connectivity index (χ0v) is 10.2. The minimum atomic E-state index is -4.07. The molecule has 1 atom stereocenters. The first-order valence-corrected chi connectivity index (χ1v) is 6.42. The number of hydrogen-bond donors (Lipinski definition) is 1. The Hall–Kier alpha value is 0.1000. The summed E-state index contributed by atoms with van der Waals surface area (Å²) in [7, 11) is 0. The highest BCUT2D eigenvalue weighted by molar-refractivity contribution is 8.00. The predicted octanol–water partition coefficient (Wildman–Crippen LogP) is 3.80. The molecule has 0 rings (SSSR count). The molecular formula is C10H20F3NS. The standard InChI is InChI=1S/C10H20F3NS/c1-3-6-9(14-4-2)7-5-8-15-10(11,12)13/h9,14H,3-8H2,1-2H3. The number of halogens is 3. The van der Waals surface area contributed by atoms with E-state index in [-0.39, 0.29) is 17.5 Å². The average molecular weight is 243 g/mol. The van der Waals surface area contributed by atoms with E-state index in [4.69, 9.17) is 0 Å². The van der Waals surface area contributed by atoms with Crippen LogP contribution in [0.1, 0.15) is 39.5 Å². The molecule has 0 heterocycles. The summed E-state index contributed by atoms with van der Waals surface area (Å²) in [6, 6.07) is 0.383. The van der Waals surface area contributed by atoms with Crippen LogP contribution in [-0.4, -0.2) is 23.8 Å². The van der Waals surface area contributed by atoms with Crippen molar-refractivity contribution < 1.29 is 13.2 Å². The van der Waals surface area contributed by atoms with Crippen molar-refractivity contribution in [3.63, 3.8) is 0 Å². The number of rotatable bonds is 8. The van der Waals surface area contributed by atoms with Crippen LogP contribution in [0.2, 0.25) is 0 Å². The summed E-state index contributed by atoms with van der Waals surface area (Å²) in [6.45, 7) is 5.00. The Morgan fingerprint density at radius 3 is 2.33 bits per heavy atom. The van der Waals surface area contributed by atoms with Gasteiger partial charge in [-0.3, -0.25) is 0 Å². The second-order valence-corrected chi connectivity index (χ2v) is 4.64. The van der Waals surface area contributed by atoms with Gasteiger partial charge in [0.25, 0.3) is 0 Å². The van der Waals surface area contributed by atoms with Gasteiger partial charge in [0.1, 0.15) is 0 Å². The smallest absolute Gasteiger partial charge is 0.314 e. The maximum Gasteiger partial charge on any atom is 0.441 e. The molecule has 0 aromatic heterocycles. The maximum atomic E-state index is 11.8. The van der Waals surface area contributed by atoms with Crippen LogP contribution in [0.15, 0.2) is 0 Å². The zero-order valence-electron chi connectivity index (χ0n) is 9.36. The summed E-state index contributed by atoms with van der Waals surface area (Å²) in [6.07, 6.45) is 3.58. The van der Waals surface area contributed by atoms with Crippen molar-refractivity contribution in [3.8, 4) is 0 Å². The van der Waals surface area contributed by atoms with Crippen molar-refractivity contribution in [2.24, 2.45) is 0 Å². The molecule has 0 spiro atoms. The molecule has 0 saturated carbocycles. The summed E-state index contributed by atoms with van der Waals surface area (Å²) < 4.78 is 35.5. The molecule has 0 saturated heterocycles. The molecule has 1 nitrogen and oxygen atoms in total. The van der Waals surface area contributed by atoms with Crippen LogP contribution in [0.25, 0.3) is 0 Å². The van der Waals surface area contributed by atoms with E-state index in [9.17, 15) is 13.2 Å². The van der Waals surface area contributed by atoms with Gasteiger partial charge in [0.2, 0.25) is 0 Å². The highest BCUT2D eigenvalue weighted by Gasteiger charge is 2.27. The minimum absolute atomic E-state index is 0.0840. The minimum Gasteiger partial charge on any atom is -0.314 e. The number of nitrogens with one attached hydrogen (secondary N) is 1. The van der Waals surface area contributed by atoms with E-state index in [0.717, 1.165) is 25.8 Å². The van der Waals surface area contributed by atoms with E-state index in [2.05, 4.69) is 12.2 Å². The summed E-state index contributed by atoms with van der Waals surface area (Å²) >= 11 is 0.0840. The van der Waals surface area contributed by atoms with Crippen LogP contribution in [0.5, 0.6) is 0 Å². The third-order valence-electron chi connectivity index (χ3n) is 2.09. The van der Waals surface area contributed by atoms with Crippen LogP contribution in [0, 0.1) is 0 Å². The summed E-state index contributed by atoms with van der Waals surface area (Å²) in [4.78, 5) is 0. The Labute approximate surface area is 94.2 Å². The van der Waals surface area contributed by atoms with Gasteiger partial charge in [0, 0.05) is 11.8 Å². The van der Waals surface area contributed by atoms with Crippen molar-refractivity contribution in [1.82, 2.24) is 5.32 Å². The van der Waals surface area contributed by atoms with Gasteiger partial charge in [-0.1, -0.05) is 32.0 Å². The fourth-order valence-corrected chi connectivity index (χ4v) is 2.05. The van der Waals surface area contributed by atoms with Gasteiger partial charge in [0.05, 0.1) is 0 Å². The van der Waals surface area contributed by atoms with Crippen LogP contribution < -0.4 is 5.32 Å². The van der Waals surface area contributed by atoms with E-state index in [1.54, 1.807) is 0 Å². The SMILES string of the molecule is CCCC(CCCSC(F)(F)F)NCC. The van der Waals surface area contributed by atoms with Crippen LogP contribution >= 0.6 is 11.8 Å². The van der Waals surface area contributed by atoms with E-state index in [0.29, 0.717) is 12.5 Å². The van der Waals surface area contributed by atoms with Gasteiger partial charge in [-0.15, -0.1) is 0 Å². The summed E-state index contributed by atoms with van der Waals surface area (Å²) in [5.74, 6) is 0.176. The molecule has 0 aromatic rings. The van der Waals surface area contributed by atoms with Gasteiger partial charge in [-0.2, -0.15) is 13.2 Å². The second-order valence-electron chi connectivity index (χ2n) is 3.48. The Bertz CT molecular complexity index is 144. The van der Waals surface area contributed by atoms with Crippen molar-refractivity contribution in [2.75, 3.05) is 12.3 Å². The first-order chi connectivity index (χ1) is 6.99. The Kier molecular flexibility index (Phi) is 8.33. The van der Waals surface area contributed by atoms with E-state index in [1.165, 1.54) is 0 Å². The predicted molar refractivity (Wildman–Crippen MR) is 60.1 cm³/mol. The maximum absolute atomic E-state index is 11.8.